The minimum absolute atomic E-state index is 0.253. The van der Waals surface area contributed by atoms with Crippen LogP contribution in [0.4, 0.5) is 0 Å². The van der Waals surface area contributed by atoms with Gasteiger partial charge in [-0.2, -0.15) is 10.2 Å². The number of aromatic nitrogens is 2. The Hall–Kier alpha value is -1.56. The molecule has 0 aliphatic heterocycles. The third-order valence-electron chi connectivity index (χ3n) is 3.37. The number of hydrogen-bond acceptors (Lipinski definition) is 3. The van der Waals surface area contributed by atoms with E-state index in [1.165, 1.54) is 12.3 Å². The van der Waals surface area contributed by atoms with Crippen LogP contribution in [-0.2, 0) is 6.54 Å². The van der Waals surface area contributed by atoms with Gasteiger partial charge in [0.15, 0.2) is 0 Å². The van der Waals surface area contributed by atoms with Gasteiger partial charge >= 0.3 is 0 Å². The fraction of sp³-hybridized carbons (Fsp3) is 0.312. The molecule has 8 heteroatoms. The monoisotopic (exact) mass is 386 g/mol. The Morgan fingerprint density at radius 3 is 2.83 bits per heavy atom. The molecule has 5 nitrogen and oxygen atoms in total. The van der Waals surface area contributed by atoms with Gasteiger partial charge in [0.1, 0.15) is 5.15 Å². The fourth-order valence-electron chi connectivity index (χ4n) is 2.06. The molecule has 0 aliphatic carbocycles. The van der Waals surface area contributed by atoms with E-state index in [0.29, 0.717) is 20.8 Å². The van der Waals surface area contributed by atoms with E-state index in [-0.39, 0.29) is 5.56 Å². The second-order valence-corrected chi connectivity index (χ2v) is 6.39. The quantitative estimate of drug-likeness (QED) is 0.576. The van der Waals surface area contributed by atoms with E-state index in [2.05, 4.69) is 22.5 Å². The van der Waals surface area contributed by atoms with Crippen molar-refractivity contribution in [3.8, 4) is 0 Å². The lowest BCUT2D eigenvalue weighted by Crippen LogP contribution is -2.18. The van der Waals surface area contributed by atoms with Gasteiger partial charge < -0.3 is 0 Å². The summed E-state index contributed by atoms with van der Waals surface area (Å²) < 4.78 is 1.73. The molecule has 0 saturated carbocycles. The molecule has 1 heterocycles. The van der Waals surface area contributed by atoms with Gasteiger partial charge in [0.25, 0.3) is 5.91 Å². The number of hydrazone groups is 1. The molecule has 2 aromatic rings. The van der Waals surface area contributed by atoms with Crippen molar-refractivity contribution in [3.05, 3.63) is 50.2 Å². The van der Waals surface area contributed by atoms with Crippen molar-refractivity contribution in [2.24, 2.45) is 5.10 Å². The zero-order valence-electron chi connectivity index (χ0n) is 13.3. The van der Waals surface area contributed by atoms with E-state index in [4.69, 9.17) is 34.8 Å². The van der Waals surface area contributed by atoms with E-state index >= 15 is 0 Å². The zero-order valence-corrected chi connectivity index (χ0v) is 15.6. The largest absolute Gasteiger partial charge is 0.272 e. The number of benzene rings is 1. The zero-order chi connectivity index (χ0) is 17.7. The summed E-state index contributed by atoms with van der Waals surface area (Å²) in [7, 11) is 0. The molecule has 128 valence electrons. The molecule has 0 fully saturated rings. The van der Waals surface area contributed by atoms with Crippen LogP contribution in [0.5, 0.6) is 0 Å². The van der Waals surface area contributed by atoms with Crippen LogP contribution in [0.2, 0.25) is 15.2 Å². The summed E-state index contributed by atoms with van der Waals surface area (Å²) in [6.45, 7) is 4.68. The van der Waals surface area contributed by atoms with Crippen LogP contribution in [-0.4, -0.2) is 21.9 Å². The third kappa shape index (κ3) is 4.50. The highest BCUT2D eigenvalue weighted by atomic mass is 35.5. The predicted octanol–water partition coefficient (Wildman–Crippen LogP) is 4.72. The number of nitrogens with one attached hydrogen (secondary N) is 1. The van der Waals surface area contributed by atoms with Gasteiger partial charge in [-0.15, -0.1) is 0 Å². The van der Waals surface area contributed by atoms with Crippen molar-refractivity contribution in [3.63, 3.8) is 0 Å². The molecule has 0 radical (unpaired) electrons. The molecule has 1 amide bonds. The highest BCUT2D eigenvalue weighted by Gasteiger charge is 2.13. The van der Waals surface area contributed by atoms with E-state index in [1.807, 2.05) is 6.92 Å². The van der Waals surface area contributed by atoms with Crippen LogP contribution in [0.3, 0.4) is 0 Å². The molecule has 1 aromatic heterocycles. The second kappa shape index (κ2) is 8.51. The van der Waals surface area contributed by atoms with E-state index in [1.54, 1.807) is 16.8 Å². The van der Waals surface area contributed by atoms with Crippen LogP contribution < -0.4 is 5.43 Å². The first kappa shape index (κ1) is 18.8. The Bertz CT molecular complexity index is 771. The molecule has 0 unspecified atom stereocenters. The molecular weight excluding hydrogens is 371 g/mol. The number of hydrogen-bond donors (Lipinski definition) is 1. The first-order valence-electron chi connectivity index (χ1n) is 7.45. The first-order chi connectivity index (χ1) is 11.4. The van der Waals surface area contributed by atoms with Crippen LogP contribution in [0.25, 0.3) is 0 Å². The van der Waals surface area contributed by atoms with Gasteiger partial charge in [-0.3, -0.25) is 9.48 Å². The van der Waals surface area contributed by atoms with Crippen molar-refractivity contribution in [2.45, 2.75) is 33.2 Å². The minimum atomic E-state index is -0.453. The van der Waals surface area contributed by atoms with Crippen molar-refractivity contribution >= 4 is 46.9 Å². The Kier molecular flexibility index (Phi) is 6.66. The standard InChI is InChI=1S/C16H17Cl3N4O/c1-3-4-7-23-15(19)13(10(2)22-23)9-20-21-16(24)12-8-11(17)5-6-14(12)18/h5-6,8-9H,3-4,7H2,1-2H3,(H,21,24)/b20-9-. The van der Waals surface area contributed by atoms with Crippen LogP contribution >= 0.6 is 34.8 Å². The Morgan fingerprint density at radius 2 is 2.12 bits per heavy atom. The molecule has 0 saturated heterocycles. The summed E-state index contributed by atoms with van der Waals surface area (Å²) >= 11 is 18.2. The highest BCUT2D eigenvalue weighted by molar-refractivity contribution is 6.35. The number of amides is 1. The Balaban J connectivity index is 2.10. The maximum absolute atomic E-state index is 12.1. The Morgan fingerprint density at radius 1 is 1.38 bits per heavy atom. The lowest BCUT2D eigenvalue weighted by molar-refractivity contribution is 0.0955. The van der Waals surface area contributed by atoms with Crippen molar-refractivity contribution in [2.75, 3.05) is 0 Å². The molecule has 2 rings (SSSR count). The normalized spacial score (nSPS) is 11.2. The third-order valence-corrected chi connectivity index (χ3v) is 4.33. The predicted molar refractivity (Wildman–Crippen MR) is 98.4 cm³/mol. The highest BCUT2D eigenvalue weighted by Crippen LogP contribution is 2.21. The number of carbonyl (C=O) groups excluding carboxylic acids is 1. The summed E-state index contributed by atoms with van der Waals surface area (Å²) in [5.41, 5.74) is 4.08. The summed E-state index contributed by atoms with van der Waals surface area (Å²) in [4.78, 5) is 12.1. The molecule has 0 bridgehead atoms. The molecule has 24 heavy (non-hydrogen) atoms. The van der Waals surface area contributed by atoms with Gasteiger partial charge in [-0.25, -0.2) is 5.43 Å². The number of rotatable bonds is 6. The van der Waals surface area contributed by atoms with Crippen LogP contribution in [0.15, 0.2) is 23.3 Å². The molecular formula is C16H17Cl3N4O. The maximum Gasteiger partial charge on any atom is 0.272 e. The molecule has 0 aliphatic rings. The van der Waals surface area contributed by atoms with Crippen molar-refractivity contribution < 1.29 is 4.79 Å². The number of halogens is 3. The summed E-state index contributed by atoms with van der Waals surface area (Å²) in [5, 5.41) is 9.53. The smallest absolute Gasteiger partial charge is 0.267 e. The van der Waals surface area contributed by atoms with Gasteiger partial charge in [0.05, 0.1) is 28.1 Å². The van der Waals surface area contributed by atoms with Crippen LogP contribution in [0, 0.1) is 6.92 Å². The average Bonchev–Trinajstić information content (AvgIpc) is 2.82. The van der Waals surface area contributed by atoms with Crippen molar-refractivity contribution in [1.82, 2.24) is 15.2 Å². The van der Waals surface area contributed by atoms with E-state index < -0.39 is 5.91 Å². The SMILES string of the molecule is CCCCn1nc(C)c(/C=N\NC(=O)c2cc(Cl)ccc2Cl)c1Cl. The second-order valence-electron chi connectivity index (χ2n) is 5.19. The molecule has 0 spiro atoms. The number of aryl methyl sites for hydroxylation is 2. The average molecular weight is 388 g/mol. The van der Waals surface area contributed by atoms with E-state index in [0.717, 1.165) is 25.1 Å². The molecule has 0 atom stereocenters. The lowest BCUT2D eigenvalue weighted by Gasteiger charge is -2.03. The summed E-state index contributed by atoms with van der Waals surface area (Å²) in [6.07, 6.45) is 3.51. The van der Waals surface area contributed by atoms with E-state index in [9.17, 15) is 4.79 Å². The first-order valence-corrected chi connectivity index (χ1v) is 8.58. The number of nitrogens with zero attached hydrogens (tertiary/aromatic N) is 3. The number of unbranched alkanes of at least 4 members (excludes halogenated alkanes) is 1. The van der Waals surface area contributed by atoms with Crippen molar-refractivity contribution in [1.29, 1.82) is 0 Å². The lowest BCUT2D eigenvalue weighted by atomic mass is 10.2. The summed E-state index contributed by atoms with van der Waals surface area (Å²) in [6, 6.07) is 4.65. The number of carbonyl (C=O) groups is 1. The maximum atomic E-state index is 12.1. The van der Waals surface area contributed by atoms with Gasteiger partial charge in [-0.1, -0.05) is 48.1 Å². The minimum Gasteiger partial charge on any atom is -0.267 e. The molecule has 1 aromatic carbocycles. The van der Waals surface area contributed by atoms with Gasteiger partial charge in [-0.05, 0) is 31.5 Å². The van der Waals surface area contributed by atoms with Crippen LogP contribution in [0.1, 0.15) is 41.4 Å². The Labute approximate surface area is 155 Å². The molecule has 1 N–H and O–H groups in total. The fourth-order valence-corrected chi connectivity index (χ4v) is 2.74. The topological polar surface area (TPSA) is 59.3 Å². The van der Waals surface area contributed by atoms with Gasteiger partial charge in [0, 0.05) is 11.6 Å². The van der Waals surface area contributed by atoms with Gasteiger partial charge in [0.2, 0.25) is 0 Å². The summed E-state index contributed by atoms with van der Waals surface area (Å²) in [5.74, 6) is -0.453.